The molecule has 4 atom stereocenters. The van der Waals surface area contributed by atoms with Gasteiger partial charge in [-0.05, 0) is 0 Å². The summed E-state index contributed by atoms with van der Waals surface area (Å²) in [7, 11) is -1.14. The van der Waals surface area contributed by atoms with Gasteiger partial charge in [0.25, 0.3) is 0 Å². The average molecular weight is 404 g/mol. The molecule has 1 amide bonds. The molecule has 1 N–H and O–H groups in total. The zero-order chi connectivity index (χ0) is 19.0. The van der Waals surface area contributed by atoms with E-state index in [0.29, 0.717) is 11.8 Å². The summed E-state index contributed by atoms with van der Waals surface area (Å²) in [6.07, 6.45) is 6.43. The van der Waals surface area contributed by atoms with E-state index in [2.05, 4.69) is 44.6 Å². The van der Waals surface area contributed by atoms with Crippen molar-refractivity contribution >= 4 is 14.7 Å². The van der Waals surface area contributed by atoms with Crippen LogP contribution in [0.5, 0.6) is 0 Å². The Bertz CT molecular complexity index is 710. The standard InChI is InChI=1S/C22H35NOSi.Ti/c1-12-13(2)15(4)19(14(12)3)22(25(5)6)18-8-16-7-17(9-18)11-21(22,10-16)20(23)24;/h14,16-18,25H,7-11H2,1-6H3,(H2,23,24);/q;+1/p-1. The Hall–Kier alpha value is -0.119. The van der Waals surface area contributed by atoms with Gasteiger partial charge in [-0.1, -0.05) is 0 Å². The third-order valence-corrected chi connectivity index (χ3v) is 12.7. The third kappa shape index (κ3) is 2.12. The summed E-state index contributed by atoms with van der Waals surface area (Å²) >= 11 is 1.88. The maximum absolute atomic E-state index is 13.6. The van der Waals surface area contributed by atoms with E-state index in [1.807, 2.05) is 20.7 Å². The molecule has 0 aromatic heterocycles. The summed E-state index contributed by atoms with van der Waals surface area (Å²) in [4.78, 5) is 13.6. The Morgan fingerprint density at radius 3 is 2.08 bits per heavy atom. The van der Waals surface area contributed by atoms with E-state index >= 15 is 0 Å². The zero-order valence-corrected chi connectivity index (χ0v) is 20.0. The number of amides is 1. The van der Waals surface area contributed by atoms with Gasteiger partial charge < -0.3 is 0 Å². The van der Waals surface area contributed by atoms with E-state index in [9.17, 15) is 4.79 Å². The summed E-state index contributed by atoms with van der Waals surface area (Å²) in [5.41, 5.74) is 6.15. The van der Waals surface area contributed by atoms with Crippen molar-refractivity contribution in [2.24, 2.45) is 29.1 Å². The van der Waals surface area contributed by atoms with Crippen LogP contribution in [0.3, 0.4) is 0 Å². The molecule has 4 bridgehead atoms. The molecule has 0 heterocycles. The third-order valence-electron chi connectivity index (χ3n) is 9.16. The maximum atomic E-state index is 13.6. The van der Waals surface area contributed by atoms with Crippen LogP contribution in [0.4, 0.5) is 0 Å². The first kappa shape index (κ1) is 19.2. The Balaban J connectivity index is 1.99. The number of nitrogens with one attached hydrogen (secondary N) is 1. The van der Waals surface area contributed by atoms with E-state index in [1.165, 1.54) is 30.4 Å². The van der Waals surface area contributed by atoms with Crippen LogP contribution in [0, 0.1) is 29.1 Å². The van der Waals surface area contributed by atoms with Gasteiger partial charge in [0.15, 0.2) is 0 Å². The molecule has 0 radical (unpaired) electrons. The van der Waals surface area contributed by atoms with E-state index in [-0.39, 0.29) is 10.5 Å². The van der Waals surface area contributed by atoms with E-state index in [4.69, 9.17) is 0 Å². The van der Waals surface area contributed by atoms with Crippen LogP contribution in [0.25, 0.3) is 0 Å². The number of hydrogen-bond donors (Lipinski definition) is 1. The first-order chi connectivity index (χ1) is 12.2. The predicted octanol–water partition coefficient (Wildman–Crippen LogP) is 4.92. The van der Waals surface area contributed by atoms with Crippen LogP contribution in [0.1, 0.15) is 59.8 Å². The Kier molecular flexibility index (Phi) is 4.57. The SMILES string of the molecule is CC1=C(C)C(C)C(C2([SiH](C)C)C3CC4CC(C3)CC2(C(=O)[NH][Ti])C4)=C1C. The molecule has 4 saturated carbocycles. The van der Waals surface area contributed by atoms with Gasteiger partial charge in [-0.15, -0.1) is 0 Å². The van der Waals surface area contributed by atoms with Crippen molar-refractivity contribution in [3.8, 4) is 0 Å². The molecule has 26 heavy (non-hydrogen) atoms. The van der Waals surface area contributed by atoms with Gasteiger partial charge in [0, 0.05) is 0 Å². The van der Waals surface area contributed by atoms with Crippen molar-refractivity contribution in [2.45, 2.75) is 77.9 Å². The molecule has 141 valence electrons. The fraction of sp³-hybridized carbons (Fsp3) is 0.773. The molecule has 5 rings (SSSR count). The predicted molar refractivity (Wildman–Crippen MR) is 106 cm³/mol. The minimum absolute atomic E-state index is 0.132. The summed E-state index contributed by atoms with van der Waals surface area (Å²) in [5.74, 6) is 3.21. The molecule has 4 unspecified atom stereocenters. The van der Waals surface area contributed by atoms with E-state index in [1.54, 1.807) is 11.1 Å². The first-order valence-electron chi connectivity index (χ1n) is 10.6. The monoisotopic (exact) mass is 404 g/mol. The van der Waals surface area contributed by atoms with Crippen molar-refractivity contribution in [3.05, 3.63) is 22.3 Å². The molecule has 0 aromatic rings. The van der Waals surface area contributed by atoms with Crippen LogP contribution < -0.4 is 3.80 Å². The minimum atomic E-state index is -1.14. The van der Waals surface area contributed by atoms with Crippen LogP contribution in [-0.4, -0.2) is 14.7 Å². The van der Waals surface area contributed by atoms with Crippen LogP contribution in [0.2, 0.25) is 18.1 Å². The normalized spacial score (nSPS) is 44.4. The molecule has 0 aromatic carbocycles. The second kappa shape index (κ2) is 6.19. The van der Waals surface area contributed by atoms with Crippen molar-refractivity contribution in [2.75, 3.05) is 0 Å². The molecular formula is C22H34NOSiTi. The number of hydrogen-bond acceptors (Lipinski definition) is 1. The van der Waals surface area contributed by atoms with Crippen molar-refractivity contribution in [3.63, 3.8) is 0 Å². The first-order valence-corrected chi connectivity index (χ1v) is 14.2. The summed E-state index contributed by atoms with van der Waals surface area (Å²) in [6, 6.07) is 0. The Morgan fingerprint density at radius 2 is 1.65 bits per heavy atom. The van der Waals surface area contributed by atoms with Gasteiger partial charge >= 0.3 is 173 Å². The van der Waals surface area contributed by atoms with Crippen LogP contribution in [-0.2, 0) is 25.5 Å². The summed E-state index contributed by atoms with van der Waals surface area (Å²) in [5, 5.41) is 0.170. The Labute approximate surface area is 173 Å². The number of allylic oxidation sites excluding steroid dienone is 4. The number of carbonyl (C=O) groups is 1. The number of carbonyl (C=O) groups excluding carboxylic acids is 1. The van der Waals surface area contributed by atoms with Gasteiger partial charge in [0.05, 0.1) is 0 Å². The topological polar surface area (TPSA) is 29.1 Å². The molecule has 5 aliphatic rings. The van der Waals surface area contributed by atoms with Gasteiger partial charge in [-0.3, -0.25) is 0 Å². The molecule has 0 saturated heterocycles. The number of rotatable bonds is 3. The average Bonchev–Trinajstić information content (AvgIpc) is 2.78. The quantitative estimate of drug-likeness (QED) is 0.665. The van der Waals surface area contributed by atoms with Gasteiger partial charge in [-0.25, -0.2) is 0 Å². The van der Waals surface area contributed by atoms with Crippen LogP contribution in [0.15, 0.2) is 22.3 Å². The molecule has 4 heteroatoms. The van der Waals surface area contributed by atoms with E-state index < -0.39 is 8.80 Å². The Morgan fingerprint density at radius 1 is 1.08 bits per heavy atom. The summed E-state index contributed by atoms with van der Waals surface area (Å²) in [6.45, 7) is 14.5. The van der Waals surface area contributed by atoms with Crippen molar-refractivity contribution in [1.82, 2.24) is 3.80 Å². The molecule has 0 aliphatic heterocycles. The van der Waals surface area contributed by atoms with Gasteiger partial charge in [-0.2, -0.15) is 0 Å². The van der Waals surface area contributed by atoms with Crippen molar-refractivity contribution in [1.29, 1.82) is 0 Å². The molecule has 2 nitrogen and oxygen atoms in total. The fourth-order valence-corrected chi connectivity index (χ4v) is 12.6. The second-order valence-corrected chi connectivity index (χ2v) is 13.8. The van der Waals surface area contributed by atoms with Gasteiger partial charge in [0.2, 0.25) is 0 Å². The molecule has 4 fully saturated rings. The summed E-state index contributed by atoms with van der Waals surface area (Å²) < 4.78 is 3.15. The second-order valence-electron chi connectivity index (χ2n) is 10.2. The zero-order valence-electron chi connectivity index (χ0n) is 17.3. The fourth-order valence-electron chi connectivity index (χ4n) is 8.41. The molecule has 0 spiro atoms. The van der Waals surface area contributed by atoms with Crippen molar-refractivity contribution < 1.29 is 25.5 Å². The molecular weight excluding hydrogens is 370 g/mol. The molecule has 5 aliphatic carbocycles. The van der Waals surface area contributed by atoms with Gasteiger partial charge in [0.1, 0.15) is 0 Å². The van der Waals surface area contributed by atoms with Crippen LogP contribution >= 0.6 is 0 Å². The van der Waals surface area contributed by atoms with E-state index in [0.717, 1.165) is 30.6 Å².